The molecule has 7 nitrogen and oxygen atoms in total. The van der Waals surface area contributed by atoms with Crippen LogP contribution in [0.3, 0.4) is 0 Å². The van der Waals surface area contributed by atoms with Crippen LogP contribution >= 0.6 is 0 Å². The van der Waals surface area contributed by atoms with E-state index in [9.17, 15) is 14.4 Å². The molecule has 0 aromatic heterocycles. The maximum atomic E-state index is 12.4. The van der Waals surface area contributed by atoms with Gasteiger partial charge in [0.15, 0.2) is 0 Å². The van der Waals surface area contributed by atoms with Crippen LogP contribution in [0, 0.1) is 11.3 Å². The van der Waals surface area contributed by atoms with E-state index in [1.807, 2.05) is 12.1 Å². The summed E-state index contributed by atoms with van der Waals surface area (Å²) in [4.78, 5) is 38.9. The number of rotatable bonds is 4. The van der Waals surface area contributed by atoms with Crippen LogP contribution in [0.15, 0.2) is 24.3 Å². The first-order chi connectivity index (χ1) is 12.1. The third-order valence-electron chi connectivity index (χ3n) is 4.77. The van der Waals surface area contributed by atoms with Crippen LogP contribution in [0.2, 0.25) is 0 Å². The van der Waals surface area contributed by atoms with Crippen molar-refractivity contribution < 1.29 is 14.4 Å². The number of nitrogens with zero attached hydrogens (tertiary/aromatic N) is 3. The van der Waals surface area contributed by atoms with E-state index in [2.05, 4.69) is 11.4 Å². The topological polar surface area (TPSA) is 93.5 Å². The zero-order valence-electron chi connectivity index (χ0n) is 13.9. The average Bonchev–Trinajstić information content (AvgIpc) is 2.98. The van der Waals surface area contributed by atoms with Gasteiger partial charge in [0, 0.05) is 25.6 Å². The lowest BCUT2D eigenvalue weighted by molar-refractivity contribution is -0.133. The number of benzene rings is 1. The van der Waals surface area contributed by atoms with Gasteiger partial charge in [0.1, 0.15) is 0 Å². The summed E-state index contributed by atoms with van der Waals surface area (Å²) in [6.45, 7) is 1.20. The number of urea groups is 1. The summed E-state index contributed by atoms with van der Waals surface area (Å²) in [6, 6.07) is 8.88. The minimum Gasteiger partial charge on any atom is -0.343 e. The molecule has 0 spiro atoms. The lowest BCUT2D eigenvalue weighted by atomic mass is 10.0. The first-order valence-electron chi connectivity index (χ1n) is 8.45. The molecule has 2 aliphatic heterocycles. The highest BCUT2D eigenvalue weighted by atomic mass is 16.2. The third-order valence-corrected chi connectivity index (χ3v) is 4.77. The number of piperidine rings is 1. The van der Waals surface area contributed by atoms with Gasteiger partial charge in [0.2, 0.25) is 11.8 Å². The first-order valence-corrected chi connectivity index (χ1v) is 8.45. The Balaban J connectivity index is 1.47. The van der Waals surface area contributed by atoms with Crippen LogP contribution in [0.4, 0.5) is 4.79 Å². The zero-order chi connectivity index (χ0) is 17.8. The highest BCUT2D eigenvalue weighted by Crippen LogP contribution is 2.20. The second-order valence-corrected chi connectivity index (χ2v) is 6.34. The van der Waals surface area contributed by atoms with E-state index >= 15 is 0 Å². The molecule has 0 saturated carbocycles. The zero-order valence-corrected chi connectivity index (χ0v) is 13.9. The molecular weight excluding hydrogens is 320 g/mol. The van der Waals surface area contributed by atoms with Gasteiger partial charge in [-0.2, -0.15) is 5.26 Å². The van der Waals surface area contributed by atoms with Crippen molar-refractivity contribution in [3.05, 3.63) is 35.4 Å². The van der Waals surface area contributed by atoms with Gasteiger partial charge in [-0.25, -0.2) is 4.79 Å². The second-order valence-electron chi connectivity index (χ2n) is 6.34. The number of carbonyl (C=O) groups excluding carboxylic acids is 3. The van der Waals surface area contributed by atoms with Crippen molar-refractivity contribution >= 4 is 17.8 Å². The standard InChI is InChI=1S/C18H20N4O3/c19-11-14-3-1-13(2-4-14)5-6-16(23)21-9-7-15(8-10-21)22-17(24)12-20-18(22)25/h1-4,15H,5-10,12H2,(H,20,25). The maximum Gasteiger partial charge on any atom is 0.324 e. The van der Waals surface area contributed by atoms with Crippen molar-refractivity contribution in [2.75, 3.05) is 19.6 Å². The van der Waals surface area contributed by atoms with Gasteiger partial charge in [-0.05, 0) is 37.0 Å². The summed E-state index contributed by atoms with van der Waals surface area (Å²) in [6.07, 6.45) is 2.31. The summed E-state index contributed by atoms with van der Waals surface area (Å²) in [5.41, 5.74) is 1.64. The average molecular weight is 340 g/mol. The van der Waals surface area contributed by atoms with Gasteiger partial charge in [0.05, 0.1) is 18.2 Å². The monoisotopic (exact) mass is 340 g/mol. The number of likely N-dealkylation sites (tertiary alicyclic amines) is 1. The summed E-state index contributed by atoms with van der Waals surface area (Å²) in [5.74, 6) is -0.101. The number of hydrogen-bond acceptors (Lipinski definition) is 4. The molecule has 0 unspecified atom stereocenters. The fourth-order valence-electron chi connectivity index (χ4n) is 3.33. The van der Waals surface area contributed by atoms with E-state index in [-0.39, 0.29) is 30.4 Å². The molecule has 4 amide bonds. The first kappa shape index (κ1) is 17.0. The van der Waals surface area contributed by atoms with Crippen LogP contribution in [-0.4, -0.2) is 53.3 Å². The summed E-state index contributed by atoms with van der Waals surface area (Å²) in [5, 5.41) is 11.3. The largest absolute Gasteiger partial charge is 0.343 e. The minimum absolute atomic E-state index is 0.0720. The Kier molecular flexibility index (Phi) is 4.98. The summed E-state index contributed by atoms with van der Waals surface area (Å²) >= 11 is 0. The Morgan fingerprint density at radius 1 is 1.20 bits per heavy atom. The van der Waals surface area contributed by atoms with E-state index in [4.69, 9.17) is 5.26 Å². The second kappa shape index (κ2) is 7.34. The molecule has 3 rings (SSSR count). The number of amides is 4. The van der Waals surface area contributed by atoms with Crippen molar-refractivity contribution in [2.45, 2.75) is 31.7 Å². The van der Waals surface area contributed by atoms with Gasteiger partial charge >= 0.3 is 6.03 Å². The molecule has 2 saturated heterocycles. The van der Waals surface area contributed by atoms with Gasteiger partial charge < -0.3 is 10.2 Å². The molecule has 7 heteroatoms. The van der Waals surface area contributed by atoms with Crippen LogP contribution in [0.5, 0.6) is 0 Å². The molecule has 0 aliphatic carbocycles. The molecule has 1 aromatic rings. The van der Waals surface area contributed by atoms with Gasteiger partial charge in [-0.1, -0.05) is 12.1 Å². The molecule has 2 heterocycles. The van der Waals surface area contributed by atoms with E-state index in [0.717, 1.165) is 5.56 Å². The molecule has 1 N–H and O–H groups in total. The number of hydrogen-bond donors (Lipinski definition) is 1. The van der Waals surface area contributed by atoms with E-state index in [1.54, 1.807) is 17.0 Å². The van der Waals surface area contributed by atoms with Crippen molar-refractivity contribution in [3.63, 3.8) is 0 Å². The molecule has 0 radical (unpaired) electrons. The molecular formula is C18H20N4O3. The number of aryl methyl sites for hydroxylation is 1. The Labute approximate surface area is 146 Å². The summed E-state index contributed by atoms with van der Waals surface area (Å²) < 4.78 is 0. The predicted molar refractivity (Wildman–Crippen MR) is 89.3 cm³/mol. The Morgan fingerprint density at radius 3 is 2.44 bits per heavy atom. The van der Waals surface area contributed by atoms with Gasteiger partial charge in [-0.3, -0.25) is 14.5 Å². The Hall–Kier alpha value is -2.88. The fraction of sp³-hybridized carbons (Fsp3) is 0.444. The normalized spacial score (nSPS) is 18.2. The van der Waals surface area contributed by atoms with Crippen LogP contribution in [-0.2, 0) is 16.0 Å². The van der Waals surface area contributed by atoms with Crippen molar-refractivity contribution in [3.8, 4) is 6.07 Å². The molecule has 2 fully saturated rings. The minimum atomic E-state index is -0.324. The predicted octanol–water partition coefficient (Wildman–Crippen LogP) is 1.03. The highest BCUT2D eigenvalue weighted by Gasteiger charge is 2.37. The molecule has 25 heavy (non-hydrogen) atoms. The van der Waals surface area contributed by atoms with Crippen molar-refractivity contribution in [1.29, 1.82) is 5.26 Å². The van der Waals surface area contributed by atoms with Crippen molar-refractivity contribution in [1.82, 2.24) is 15.1 Å². The Bertz CT molecular complexity index is 699. The molecule has 130 valence electrons. The highest BCUT2D eigenvalue weighted by molar-refractivity contribution is 6.02. The number of imide groups is 1. The van der Waals surface area contributed by atoms with E-state index < -0.39 is 0 Å². The lowest BCUT2D eigenvalue weighted by Gasteiger charge is -2.35. The van der Waals surface area contributed by atoms with E-state index in [0.29, 0.717) is 44.3 Å². The van der Waals surface area contributed by atoms with Gasteiger partial charge in [0.25, 0.3) is 0 Å². The van der Waals surface area contributed by atoms with Crippen LogP contribution < -0.4 is 5.32 Å². The molecule has 0 bridgehead atoms. The number of nitriles is 1. The molecule has 2 aliphatic rings. The number of nitrogens with one attached hydrogen (secondary N) is 1. The molecule has 1 aromatic carbocycles. The van der Waals surface area contributed by atoms with Crippen LogP contribution in [0.25, 0.3) is 0 Å². The lowest BCUT2D eigenvalue weighted by Crippen LogP contribution is -2.49. The Morgan fingerprint density at radius 2 is 1.88 bits per heavy atom. The summed E-state index contributed by atoms with van der Waals surface area (Å²) in [7, 11) is 0. The smallest absolute Gasteiger partial charge is 0.324 e. The van der Waals surface area contributed by atoms with Crippen LogP contribution in [0.1, 0.15) is 30.4 Å². The third kappa shape index (κ3) is 3.79. The van der Waals surface area contributed by atoms with Crippen molar-refractivity contribution in [2.24, 2.45) is 0 Å². The fourth-order valence-corrected chi connectivity index (χ4v) is 3.33. The maximum absolute atomic E-state index is 12.4. The number of carbonyl (C=O) groups is 3. The van der Waals surface area contributed by atoms with Gasteiger partial charge in [-0.15, -0.1) is 0 Å². The van der Waals surface area contributed by atoms with E-state index in [1.165, 1.54) is 4.90 Å². The quantitative estimate of drug-likeness (QED) is 0.829. The SMILES string of the molecule is N#Cc1ccc(CCC(=O)N2CCC(N3C(=O)CNC3=O)CC2)cc1. The molecule has 0 atom stereocenters.